The van der Waals surface area contributed by atoms with Crippen molar-refractivity contribution in [3.63, 3.8) is 0 Å². The fraction of sp³-hybridized carbons (Fsp3) is 0.409. The van der Waals surface area contributed by atoms with E-state index in [1.165, 1.54) is 0 Å². The summed E-state index contributed by atoms with van der Waals surface area (Å²) in [6, 6.07) is 6.85. The Balaban J connectivity index is 2.37. The van der Waals surface area contributed by atoms with Crippen LogP contribution in [0, 0.1) is 0 Å². The normalized spacial score (nSPS) is 14.7. The molecular formula is C22H26O4. The lowest BCUT2D eigenvalue weighted by molar-refractivity contribution is -0.116. The third-order valence-electron chi connectivity index (χ3n) is 4.63. The molecule has 0 aromatic heterocycles. The first-order valence-corrected chi connectivity index (χ1v) is 9.13. The van der Waals surface area contributed by atoms with Gasteiger partial charge in [0.05, 0.1) is 0 Å². The van der Waals surface area contributed by atoms with Crippen LogP contribution in [0.15, 0.2) is 47.1 Å². The van der Waals surface area contributed by atoms with Crippen molar-refractivity contribution in [1.29, 1.82) is 0 Å². The number of ether oxygens (including phenoxy) is 1. The van der Waals surface area contributed by atoms with Crippen LogP contribution in [0.3, 0.4) is 0 Å². The first-order valence-electron chi connectivity index (χ1n) is 9.13. The predicted molar refractivity (Wildman–Crippen MR) is 102 cm³/mol. The van der Waals surface area contributed by atoms with Gasteiger partial charge in [-0.1, -0.05) is 37.6 Å². The molecule has 1 aromatic rings. The van der Waals surface area contributed by atoms with E-state index in [0.717, 1.165) is 12.8 Å². The number of fused-ring (bicyclic) bond motifs is 1. The highest BCUT2D eigenvalue weighted by Crippen LogP contribution is 2.28. The van der Waals surface area contributed by atoms with Gasteiger partial charge in [-0.25, -0.2) is 0 Å². The second-order valence-electron chi connectivity index (χ2n) is 6.54. The van der Waals surface area contributed by atoms with E-state index in [1.54, 1.807) is 44.4 Å². The van der Waals surface area contributed by atoms with E-state index in [9.17, 15) is 14.4 Å². The molecule has 1 aromatic carbocycles. The van der Waals surface area contributed by atoms with E-state index in [0.29, 0.717) is 53.7 Å². The van der Waals surface area contributed by atoms with Crippen LogP contribution in [0.1, 0.15) is 66.7 Å². The van der Waals surface area contributed by atoms with E-state index < -0.39 is 0 Å². The maximum atomic E-state index is 12.9. The van der Waals surface area contributed by atoms with Crippen LogP contribution in [0.2, 0.25) is 0 Å². The van der Waals surface area contributed by atoms with E-state index in [1.807, 2.05) is 0 Å². The number of hydrogen-bond donors (Lipinski definition) is 0. The Morgan fingerprint density at radius 2 is 1.69 bits per heavy atom. The lowest BCUT2D eigenvalue weighted by atomic mass is 9.83. The van der Waals surface area contributed by atoms with Gasteiger partial charge in [0.1, 0.15) is 0 Å². The number of methoxy groups -OCH3 is 1. The number of carbonyl (C=O) groups excluding carboxylic acids is 3. The van der Waals surface area contributed by atoms with Gasteiger partial charge in [-0.2, -0.15) is 0 Å². The Kier molecular flexibility index (Phi) is 7.22. The first kappa shape index (κ1) is 20.0. The molecule has 0 aliphatic heterocycles. The summed E-state index contributed by atoms with van der Waals surface area (Å²) in [6.45, 7) is 4.25. The Hall–Kier alpha value is -2.33. The lowest BCUT2D eigenvalue weighted by Crippen LogP contribution is -2.20. The van der Waals surface area contributed by atoms with Gasteiger partial charge in [0, 0.05) is 42.4 Å². The van der Waals surface area contributed by atoms with Crippen LogP contribution in [0.4, 0.5) is 0 Å². The molecule has 1 aliphatic rings. The van der Waals surface area contributed by atoms with Crippen molar-refractivity contribution in [2.45, 2.75) is 46.0 Å². The number of Topliss-reactive ketones (excluding diaryl/α,β-unsaturated/α-hetero) is 3. The van der Waals surface area contributed by atoms with Gasteiger partial charge < -0.3 is 4.74 Å². The summed E-state index contributed by atoms with van der Waals surface area (Å²) in [5.74, 6) is -0.306. The molecule has 0 radical (unpaired) electrons. The highest BCUT2D eigenvalue weighted by atomic mass is 16.5. The van der Waals surface area contributed by atoms with Gasteiger partial charge in [-0.3, -0.25) is 14.4 Å². The van der Waals surface area contributed by atoms with Crippen molar-refractivity contribution < 1.29 is 19.1 Å². The van der Waals surface area contributed by atoms with Crippen molar-refractivity contribution >= 4 is 17.3 Å². The van der Waals surface area contributed by atoms with Gasteiger partial charge in [0.25, 0.3) is 0 Å². The quantitative estimate of drug-likeness (QED) is 0.484. The minimum Gasteiger partial charge on any atom is -0.385 e. The van der Waals surface area contributed by atoms with Crippen LogP contribution in [-0.2, 0) is 9.53 Å². The van der Waals surface area contributed by atoms with Crippen LogP contribution in [0.25, 0.3) is 0 Å². The summed E-state index contributed by atoms with van der Waals surface area (Å²) < 4.78 is 5.01. The molecule has 2 rings (SSSR count). The molecule has 26 heavy (non-hydrogen) atoms. The SMILES string of the molecule is CCCC/C(=C\C1=C(C)C(=O)c2ccccc2C1=O)C(=O)CCCOC. The molecule has 0 unspecified atom stereocenters. The summed E-state index contributed by atoms with van der Waals surface area (Å²) in [4.78, 5) is 38.1. The minimum atomic E-state index is -0.184. The fourth-order valence-electron chi connectivity index (χ4n) is 3.06. The Bertz CT molecular complexity index is 768. The van der Waals surface area contributed by atoms with Gasteiger partial charge in [-0.05, 0) is 37.8 Å². The molecule has 0 saturated heterocycles. The standard InChI is InChI=1S/C22H26O4/c1-4-5-9-16(20(23)12-8-13-26-3)14-19-15(2)21(24)17-10-6-7-11-18(17)22(19)25/h6-7,10-11,14H,4-5,8-9,12-13H2,1-3H3/b16-14+. The Labute approximate surface area is 154 Å². The van der Waals surface area contributed by atoms with E-state index in [2.05, 4.69) is 6.92 Å². The molecule has 0 saturated carbocycles. The maximum Gasteiger partial charge on any atom is 0.194 e. The molecule has 0 N–H and O–H groups in total. The highest BCUT2D eigenvalue weighted by molar-refractivity contribution is 6.28. The minimum absolute atomic E-state index is 0.0231. The van der Waals surface area contributed by atoms with Crippen molar-refractivity contribution in [3.8, 4) is 0 Å². The number of hydrogen-bond acceptors (Lipinski definition) is 4. The summed E-state index contributed by atoms with van der Waals surface area (Å²) in [5.41, 5.74) is 2.23. The summed E-state index contributed by atoms with van der Waals surface area (Å²) in [7, 11) is 1.61. The fourth-order valence-corrected chi connectivity index (χ4v) is 3.06. The number of ketones is 3. The zero-order valence-electron chi connectivity index (χ0n) is 15.8. The molecule has 1 aliphatic carbocycles. The lowest BCUT2D eigenvalue weighted by Gasteiger charge is -2.18. The molecule has 0 atom stereocenters. The summed E-state index contributed by atoms with van der Waals surface area (Å²) in [5, 5.41) is 0. The number of allylic oxidation sites excluding steroid dienone is 4. The molecule has 0 fully saturated rings. The van der Waals surface area contributed by atoms with Crippen LogP contribution in [0.5, 0.6) is 0 Å². The third-order valence-corrected chi connectivity index (χ3v) is 4.63. The van der Waals surface area contributed by atoms with Crippen molar-refractivity contribution in [1.82, 2.24) is 0 Å². The first-order chi connectivity index (χ1) is 12.5. The number of unbranched alkanes of at least 4 members (excludes halogenated alkanes) is 1. The van der Waals surface area contributed by atoms with Crippen LogP contribution >= 0.6 is 0 Å². The molecule has 138 valence electrons. The van der Waals surface area contributed by atoms with E-state index in [4.69, 9.17) is 4.74 Å². The third kappa shape index (κ3) is 4.44. The molecule has 4 heteroatoms. The molecular weight excluding hydrogens is 328 g/mol. The molecule has 0 heterocycles. The van der Waals surface area contributed by atoms with Crippen LogP contribution in [-0.4, -0.2) is 31.1 Å². The second-order valence-corrected chi connectivity index (χ2v) is 6.54. The average molecular weight is 354 g/mol. The zero-order chi connectivity index (χ0) is 19.1. The Morgan fingerprint density at radius 3 is 2.31 bits per heavy atom. The molecule has 0 spiro atoms. The van der Waals surface area contributed by atoms with E-state index in [-0.39, 0.29) is 17.3 Å². The monoisotopic (exact) mass is 354 g/mol. The number of carbonyl (C=O) groups is 3. The van der Waals surface area contributed by atoms with E-state index >= 15 is 0 Å². The highest BCUT2D eigenvalue weighted by Gasteiger charge is 2.29. The summed E-state index contributed by atoms with van der Waals surface area (Å²) >= 11 is 0. The van der Waals surface area contributed by atoms with Crippen LogP contribution < -0.4 is 0 Å². The van der Waals surface area contributed by atoms with Gasteiger partial charge in [-0.15, -0.1) is 0 Å². The topological polar surface area (TPSA) is 60.4 Å². The average Bonchev–Trinajstić information content (AvgIpc) is 2.65. The van der Waals surface area contributed by atoms with Crippen molar-refractivity contribution in [2.75, 3.05) is 13.7 Å². The van der Waals surface area contributed by atoms with Gasteiger partial charge in [0.15, 0.2) is 17.3 Å². The summed E-state index contributed by atoms with van der Waals surface area (Å²) in [6.07, 6.45) is 5.11. The van der Waals surface area contributed by atoms with Gasteiger partial charge in [0.2, 0.25) is 0 Å². The largest absolute Gasteiger partial charge is 0.385 e. The predicted octanol–water partition coefficient (Wildman–Crippen LogP) is 4.49. The zero-order valence-corrected chi connectivity index (χ0v) is 15.8. The van der Waals surface area contributed by atoms with Crippen molar-refractivity contribution in [3.05, 3.63) is 58.2 Å². The Morgan fingerprint density at radius 1 is 1.04 bits per heavy atom. The number of benzene rings is 1. The molecule has 0 bridgehead atoms. The number of rotatable bonds is 9. The maximum absolute atomic E-state index is 12.9. The smallest absolute Gasteiger partial charge is 0.194 e. The second kappa shape index (κ2) is 9.39. The van der Waals surface area contributed by atoms with Gasteiger partial charge >= 0.3 is 0 Å². The molecule has 4 nitrogen and oxygen atoms in total. The molecule has 0 amide bonds. The van der Waals surface area contributed by atoms with Crippen molar-refractivity contribution in [2.24, 2.45) is 0 Å².